The van der Waals surface area contributed by atoms with Crippen molar-refractivity contribution in [2.75, 3.05) is 12.4 Å². The van der Waals surface area contributed by atoms with Crippen LogP contribution in [-0.2, 0) is 10.4 Å². The molecule has 0 spiro atoms. The van der Waals surface area contributed by atoms with E-state index >= 15 is 0 Å². The summed E-state index contributed by atoms with van der Waals surface area (Å²) in [6.07, 6.45) is 0.287. The third kappa shape index (κ3) is 2.14. The number of aromatic amines is 1. The summed E-state index contributed by atoms with van der Waals surface area (Å²) < 4.78 is 11.3. The first-order valence-corrected chi connectivity index (χ1v) is 8.63. The molecule has 2 aromatic carbocycles. The van der Waals surface area contributed by atoms with Crippen LogP contribution in [0, 0.1) is 0 Å². The Morgan fingerprint density at radius 2 is 2.04 bits per heavy atom. The number of anilines is 1. The summed E-state index contributed by atoms with van der Waals surface area (Å²) in [4.78, 5) is 12.4. The molecule has 2 aliphatic heterocycles. The molecule has 0 fully saturated rings. The van der Waals surface area contributed by atoms with Gasteiger partial charge in [-0.2, -0.15) is 5.10 Å². The Balaban J connectivity index is 1.70. The number of aliphatic carboxylic acids is 1. The Morgan fingerprint density at radius 3 is 2.78 bits per heavy atom. The summed E-state index contributed by atoms with van der Waals surface area (Å²) in [5.41, 5.74) is 1.40. The highest BCUT2D eigenvalue weighted by Crippen LogP contribution is 2.53. The van der Waals surface area contributed by atoms with Crippen LogP contribution >= 0.6 is 0 Å². The SMILES string of the molecule is COc1ccc(-c2[nH]nc3c2C2(C(=O)O)CC(N3)c3ccccc3O2)cc1. The van der Waals surface area contributed by atoms with Crippen LogP contribution in [0.1, 0.15) is 23.6 Å². The van der Waals surface area contributed by atoms with Crippen LogP contribution in [0.15, 0.2) is 48.5 Å². The van der Waals surface area contributed by atoms with Crippen molar-refractivity contribution in [2.24, 2.45) is 0 Å². The van der Waals surface area contributed by atoms with Crippen molar-refractivity contribution in [1.82, 2.24) is 10.2 Å². The van der Waals surface area contributed by atoms with Gasteiger partial charge in [0.05, 0.1) is 24.4 Å². The van der Waals surface area contributed by atoms with Crippen molar-refractivity contribution in [3.8, 4) is 22.8 Å². The van der Waals surface area contributed by atoms with Crippen LogP contribution in [0.5, 0.6) is 11.5 Å². The molecule has 0 amide bonds. The van der Waals surface area contributed by atoms with E-state index in [1.807, 2.05) is 42.5 Å². The number of nitrogens with zero attached hydrogens (tertiary/aromatic N) is 1. The summed E-state index contributed by atoms with van der Waals surface area (Å²) in [6.45, 7) is 0. The first kappa shape index (κ1) is 15.7. The van der Waals surface area contributed by atoms with E-state index in [-0.39, 0.29) is 12.5 Å². The molecular weight excluding hydrogens is 346 g/mol. The minimum Gasteiger partial charge on any atom is -0.497 e. The van der Waals surface area contributed by atoms with E-state index in [1.165, 1.54) is 0 Å². The number of nitrogens with one attached hydrogen (secondary N) is 2. The second kappa shape index (κ2) is 5.51. The molecule has 2 atom stereocenters. The molecule has 7 nitrogen and oxygen atoms in total. The van der Waals surface area contributed by atoms with Crippen LogP contribution in [0.25, 0.3) is 11.3 Å². The molecule has 0 radical (unpaired) electrons. The van der Waals surface area contributed by atoms with Gasteiger partial charge in [0.2, 0.25) is 5.60 Å². The summed E-state index contributed by atoms with van der Waals surface area (Å²) in [6, 6.07) is 14.7. The number of fused-ring (bicyclic) bond motifs is 6. The van der Waals surface area contributed by atoms with Gasteiger partial charge in [-0.15, -0.1) is 0 Å². The van der Waals surface area contributed by atoms with Gasteiger partial charge in [0.15, 0.2) is 5.82 Å². The fourth-order valence-corrected chi connectivity index (χ4v) is 3.98. The lowest BCUT2D eigenvalue weighted by Gasteiger charge is -2.43. The minimum absolute atomic E-state index is 0.175. The second-order valence-corrected chi connectivity index (χ2v) is 6.72. The van der Waals surface area contributed by atoms with Crippen molar-refractivity contribution in [1.29, 1.82) is 0 Å². The molecule has 2 aliphatic rings. The zero-order chi connectivity index (χ0) is 18.6. The number of carboxylic acids is 1. The number of H-pyrrole nitrogens is 1. The van der Waals surface area contributed by atoms with Crippen molar-refractivity contribution in [3.63, 3.8) is 0 Å². The van der Waals surface area contributed by atoms with Crippen molar-refractivity contribution in [2.45, 2.75) is 18.1 Å². The Kier molecular flexibility index (Phi) is 3.21. The van der Waals surface area contributed by atoms with E-state index in [0.29, 0.717) is 22.8 Å². The molecule has 3 aromatic rings. The van der Waals surface area contributed by atoms with Gasteiger partial charge in [0.1, 0.15) is 11.5 Å². The number of aromatic nitrogens is 2. The number of carboxylic acid groups (broad SMARTS) is 1. The molecule has 5 rings (SSSR count). The standard InChI is InChI=1S/C20H17N3O4/c1-26-12-8-6-11(7-9-12)17-16-18(23-22-17)21-14-10-20(16,19(24)25)27-15-5-3-2-4-13(14)15/h2-9,14H,10H2,1H3,(H,24,25)(H2,21,22,23). The number of benzene rings is 2. The van der Waals surface area contributed by atoms with Crippen LogP contribution in [0.4, 0.5) is 5.82 Å². The highest BCUT2D eigenvalue weighted by molar-refractivity contribution is 5.88. The van der Waals surface area contributed by atoms with Gasteiger partial charge < -0.3 is 19.9 Å². The zero-order valence-electron chi connectivity index (χ0n) is 14.5. The fraction of sp³-hybridized carbons (Fsp3) is 0.200. The van der Waals surface area contributed by atoms with Crippen LogP contribution in [0.3, 0.4) is 0 Å². The van der Waals surface area contributed by atoms with Crippen LogP contribution in [0.2, 0.25) is 0 Å². The van der Waals surface area contributed by atoms with Gasteiger partial charge in [-0.3, -0.25) is 5.10 Å². The van der Waals surface area contributed by atoms with E-state index in [0.717, 1.165) is 16.9 Å². The number of ether oxygens (including phenoxy) is 2. The molecule has 1 aromatic heterocycles. The Bertz CT molecular complexity index is 1040. The van der Waals surface area contributed by atoms with Crippen LogP contribution < -0.4 is 14.8 Å². The average Bonchev–Trinajstić information content (AvgIpc) is 3.12. The first-order valence-electron chi connectivity index (χ1n) is 8.63. The maximum Gasteiger partial charge on any atom is 0.353 e. The number of hydrogen-bond acceptors (Lipinski definition) is 5. The predicted molar refractivity (Wildman–Crippen MR) is 97.9 cm³/mol. The monoisotopic (exact) mass is 363 g/mol. The molecule has 0 saturated heterocycles. The zero-order valence-corrected chi connectivity index (χ0v) is 14.5. The third-order valence-corrected chi connectivity index (χ3v) is 5.28. The van der Waals surface area contributed by atoms with E-state index in [4.69, 9.17) is 9.47 Å². The van der Waals surface area contributed by atoms with Gasteiger partial charge in [-0.25, -0.2) is 4.79 Å². The Morgan fingerprint density at radius 1 is 1.26 bits per heavy atom. The van der Waals surface area contributed by atoms with Gasteiger partial charge in [0, 0.05) is 17.5 Å². The molecule has 0 saturated carbocycles. The topological polar surface area (TPSA) is 96.5 Å². The number of hydrogen-bond donors (Lipinski definition) is 3. The molecule has 2 bridgehead atoms. The van der Waals surface area contributed by atoms with E-state index in [9.17, 15) is 9.90 Å². The maximum absolute atomic E-state index is 12.4. The quantitative estimate of drug-likeness (QED) is 0.661. The average molecular weight is 363 g/mol. The third-order valence-electron chi connectivity index (χ3n) is 5.28. The second-order valence-electron chi connectivity index (χ2n) is 6.72. The summed E-state index contributed by atoms with van der Waals surface area (Å²) >= 11 is 0. The normalized spacial score (nSPS) is 22.0. The minimum atomic E-state index is -1.50. The lowest BCUT2D eigenvalue weighted by molar-refractivity contribution is -0.159. The van der Waals surface area contributed by atoms with Gasteiger partial charge in [0.25, 0.3) is 0 Å². The van der Waals surface area contributed by atoms with Gasteiger partial charge >= 0.3 is 5.97 Å². The smallest absolute Gasteiger partial charge is 0.353 e. The molecule has 136 valence electrons. The highest BCUT2D eigenvalue weighted by atomic mass is 16.5. The summed E-state index contributed by atoms with van der Waals surface area (Å²) in [5.74, 6) is 0.784. The lowest BCUT2D eigenvalue weighted by atomic mass is 9.78. The first-order chi connectivity index (χ1) is 13.1. The Labute approximate surface area is 154 Å². The molecule has 0 aliphatic carbocycles. The molecule has 3 heterocycles. The molecule has 3 N–H and O–H groups in total. The van der Waals surface area contributed by atoms with Crippen molar-refractivity contribution < 1.29 is 19.4 Å². The largest absolute Gasteiger partial charge is 0.497 e. The number of carbonyl (C=O) groups is 1. The maximum atomic E-state index is 12.4. The molecular formula is C20H17N3O4. The van der Waals surface area contributed by atoms with Crippen molar-refractivity contribution in [3.05, 3.63) is 59.7 Å². The predicted octanol–water partition coefficient (Wildman–Crippen LogP) is 3.31. The fourth-order valence-electron chi connectivity index (χ4n) is 3.98. The lowest BCUT2D eigenvalue weighted by Crippen LogP contribution is -2.49. The summed E-state index contributed by atoms with van der Waals surface area (Å²) in [5, 5.41) is 20.9. The van der Waals surface area contributed by atoms with E-state index < -0.39 is 11.6 Å². The Hall–Kier alpha value is -3.48. The molecule has 27 heavy (non-hydrogen) atoms. The number of rotatable bonds is 3. The number of methoxy groups -OCH3 is 1. The van der Waals surface area contributed by atoms with Crippen molar-refractivity contribution >= 4 is 11.8 Å². The molecule has 7 heteroatoms. The van der Waals surface area contributed by atoms with E-state index in [2.05, 4.69) is 15.5 Å². The molecule has 2 unspecified atom stereocenters. The van der Waals surface area contributed by atoms with Crippen LogP contribution in [-0.4, -0.2) is 28.4 Å². The van der Waals surface area contributed by atoms with E-state index in [1.54, 1.807) is 13.2 Å². The van der Waals surface area contributed by atoms with Gasteiger partial charge in [-0.1, -0.05) is 18.2 Å². The highest BCUT2D eigenvalue weighted by Gasteiger charge is 2.55. The summed E-state index contributed by atoms with van der Waals surface area (Å²) in [7, 11) is 1.60. The number of para-hydroxylation sites is 1. The van der Waals surface area contributed by atoms with Gasteiger partial charge in [-0.05, 0) is 30.3 Å².